The first-order valence-corrected chi connectivity index (χ1v) is 6.68. The average molecular weight is 256 g/mol. The zero-order chi connectivity index (χ0) is 13.8. The molecule has 0 heterocycles. The minimum Gasteiger partial charge on any atom is -0.480 e. The van der Waals surface area contributed by atoms with Crippen LogP contribution in [0.25, 0.3) is 0 Å². The number of nitrogens with one attached hydrogen (secondary N) is 1. The van der Waals surface area contributed by atoms with Crippen molar-refractivity contribution in [3.05, 3.63) is 0 Å². The minimum absolute atomic E-state index is 0.0722. The molecule has 0 radical (unpaired) electrons. The number of aliphatic carboxylic acids is 1. The number of rotatable bonds is 7. The maximum atomic E-state index is 11.9. The van der Waals surface area contributed by atoms with E-state index in [-0.39, 0.29) is 11.9 Å². The Kier molecular flexibility index (Phi) is 4.99. The summed E-state index contributed by atoms with van der Waals surface area (Å²) in [6, 6.07) is -0.289. The second-order valence-electron chi connectivity index (χ2n) is 5.34. The lowest BCUT2D eigenvalue weighted by Crippen LogP contribution is -2.57. The van der Waals surface area contributed by atoms with E-state index in [1.807, 2.05) is 0 Å². The Morgan fingerprint density at radius 2 is 2.00 bits per heavy atom. The Bertz CT molecular complexity index is 315. The summed E-state index contributed by atoms with van der Waals surface area (Å²) >= 11 is 0. The molecule has 1 aliphatic rings. The first-order valence-electron chi connectivity index (χ1n) is 6.68. The van der Waals surface area contributed by atoms with E-state index in [2.05, 4.69) is 12.2 Å². The molecule has 2 amide bonds. The van der Waals surface area contributed by atoms with Crippen molar-refractivity contribution in [2.24, 2.45) is 5.92 Å². The molecule has 1 saturated carbocycles. The maximum Gasteiger partial charge on any atom is 0.329 e. The van der Waals surface area contributed by atoms with Gasteiger partial charge in [0.05, 0.1) is 0 Å². The van der Waals surface area contributed by atoms with Crippen molar-refractivity contribution in [1.29, 1.82) is 0 Å². The minimum atomic E-state index is -1.11. The van der Waals surface area contributed by atoms with Crippen molar-refractivity contribution in [2.45, 2.75) is 51.5 Å². The van der Waals surface area contributed by atoms with Crippen LogP contribution in [0.1, 0.15) is 46.0 Å². The molecule has 0 aromatic rings. The monoisotopic (exact) mass is 256 g/mol. The molecular formula is C13H24N2O3. The molecule has 2 N–H and O–H groups in total. The highest BCUT2D eigenvalue weighted by molar-refractivity contribution is 5.86. The highest BCUT2D eigenvalue weighted by atomic mass is 16.4. The molecule has 1 unspecified atom stereocenters. The Hall–Kier alpha value is -1.26. The van der Waals surface area contributed by atoms with Crippen molar-refractivity contribution in [1.82, 2.24) is 10.2 Å². The van der Waals surface area contributed by atoms with E-state index in [9.17, 15) is 14.7 Å². The van der Waals surface area contributed by atoms with Gasteiger partial charge in [-0.15, -0.1) is 0 Å². The molecule has 0 aromatic carbocycles. The highest BCUT2D eigenvalue weighted by Gasteiger charge is 2.48. The standard InChI is InChI=1S/C13H24N2O3/c1-4-5-6-9-15(3)12(18)14-13(2,11(16)17)10-7-8-10/h10H,4-9H2,1-3H3,(H,14,18)(H,16,17). The van der Waals surface area contributed by atoms with Crippen LogP contribution in [0.2, 0.25) is 0 Å². The van der Waals surface area contributed by atoms with Crippen LogP contribution >= 0.6 is 0 Å². The number of urea groups is 1. The normalized spacial score (nSPS) is 17.9. The second-order valence-corrected chi connectivity index (χ2v) is 5.34. The van der Waals surface area contributed by atoms with E-state index in [4.69, 9.17) is 0 Å². The summed E-state index contributed by atoms with van der Waals surface area (Å²) in [5, 5.41) is 11.9. The van der Waals surface area contributed by atoms with Gasteiger partial charge in [0.2, 0.25) is 0 Å². The molecule has 0 saturated heterocycles. The first-order chi connectivity index (χ1) is 8.41. The van der Waals surface area contributed by atoms with Gasteiger partial charge in [0.1, 0.15) is 5.54 Å². The number of hydrogen-bond acceptors (Lipinski definition) is 2. The van der Waals surface area contributed by atoms with Crippen LogP contribution < -0.4 is 5.32 Å². The van der Waals surface area contributed by atoms with E-state index in [0.717, 1.165) is 32.1 Å². The van der Waals surface area contributed by atoms with Crippen molar-refractivity contribution in [3.8, 4) is 0 Å². The molecule has 18 heavy (non-hydrogen) atoms. The number of hydrogen-bond donors (Lipinski definition) is 2. The predicted octanol–water partition coefficient (Wildman–Crippen LogP) is 2.07. The molecule has 1 rings (SSSR count). The number of carbonyl (C=O) groups excluding carboxylic acids is 1. The van der Waals surface area contributed by atoms with Crippen LogP contribution in [0.3, 0.4) is 0 Å². The van der Waals surface area contributed by atoms with Crippen LogP contribution in [0.5, 0.6) is 0 Å². The fraction of sp³-hybridized carbons (Fsp3) is 0.846. The van der Waals surface area contributed by atoms with Crippen molar-refractivity contribution in [3.63, 3.8) is 0 Å². The van der Waals surface area contributed by atoms with Gasteiger partial charge in [-0.05, 0) is 32.1 Å². The van der Waals surface area contributed by atoms with Gasteiger partial charge >= 0.3 is 12.0 Å². The van der Waals surface area contributed by atoms with Gasteiger partial charge in [0.25, 0.3) is 0 Å². The van der Waals surface area contributed by atoms with Crippen molar-refractivity contribution < 1.29 is 14.7 Å². The number of carbonyl (C=O) groups is 2. The molecule has 1 atom stereocenters. The molecule has 1 aliphatic carbocycles. The fourth-order valence-corrected chi connectivity index (χ4v) is 2.01. The topological polar surface area (TPSA) is 69.6 Å². The molecule has 0 spiro atoms. The Balaban J connectivity index is 2.48. The quantitative estimate of drug-likeness (QED) is 0.685. The average Bonchev–Trinajstić information content (AvgIpc) is 3.12. The smallest absolute Gasteiger partial charge is 0.329 e. The molecule has 5 nitrogen and oxygen atoms in total. The lowest BCUT2D eigenvalue weighted by molar-refractivity contribution is -0.144. The number of unbranched alkanes of at least 4 members (excludes halogenated alkanes) is 2. The predicted molar refractivity (Wildman–Crippen MR) is 69.5 cm³/mol. The van der Waals surface area contributed by atoms with E-state index >= 15 is 0 Å². The molecule has 0 aromatic heterocycles. The molecule has 104 valence electrons. The Morgan fingerprint density at radius 1 is 1.39 bits per heavy atom. The third-order valence-corrected chi connectivity index (χ3v) is 3.65. The van der Waals surface area contributed by atoms with Crippen LogP contribution in [-0.2, 0) is 4.79 Å². The van der Waals surface area contributed by atoms with Gasteiger partial charge in [-0.1, -0.05) is 19.8 Å². The van der Waals surface area contributed by atoms with E-state index < -0.39 is 11.5 Å². The SMILES string of the molecule is CCCCCN(C)C(=O)NC(C)(C(=O)O)C1CC1. The lowest BCUT2D eigenvalue weighted by Gasteiger charge is -2.29. The van der Waals surface area contributed by atoms with Crippen LogP contribution in [0, 0.1) is 5.92 Å². The molecule has 1 fully saturated rings. The highest BCUT2D eigenvalue weighted by Crippen LogP contribution is 2.39. The van der Waals surface area contributed by atoms with Gasteiger partial charge in [-0.25, -0.2) is 9.59 Å². The van der Waals surface area contributed by atoms with Crippen LogP contribution in [-0.4, -0.2) is 41.1 Å². The van der Waals surface area contributed by atoms with Crippen LogP contribution in [0.15, 0.2) is 0 Å². The summed E-state index contributed by atoms with van der Waals surface area (Å²) in [6.45, 7) is 4.37. The molecule has 5 heteroatoms. The lowest BCUT2D eigenvalue weighted by atomic mass is 9.96. The van der Waals surface area contributed by atoms with E-state index in [0.29, 0.717) is 6.54 Å². The Labute approximate surface area is 109 Å². The summed E-state index contributed by atoms with van der Waals surface area (Å²) < 4.78 is 0. The van der Waals surface area contributed by atoms with Gasteiger partial charge in [0.15, 0.2) is 0 Å². The third kappa shape index (κ3) is 3.62. The molecular weight excluding hydrogens is 232 g/mol. The van der Waals surface area contributed by atoms with E-state index in [1.165, 1.54) is 0 Å². The molecule has 0 bridgehead atoms. The zero-order valence-corrected chi connectivity index (χ0v) is 11.5. The van der Waals surface area contributed by atoms with Gasteiger partial charge in [-0.3, -0.25) is 0 Å². The second kappa shape index (κ2) is 6.07. The Morgan fingerprint density at radius 3 is 2.44 bits per heavy atom. The summed E-state index contributed by atoms with van der Waals surface area (Å²) in [4.78, 5) is 24.8. The van der Waals surface area contributed by atoms with Crippen LogP contribution in [0.4, 0.5) is 4.79 Å². The number of amides is 2. The third-order valence-electron chi connectivity index (χ3n) is 3.65. The summed E-state index contributed by atoms with van der Waals surface area (Å²) in [5.74, 6) is -0.872. The van der Waals surface area contributed by atoms with Gasteiger partial charge < -0.3 is 15.3 Å². The van der Waals surface area contributed by atoms with Gasteiger partial charge in [-0.2, -0.15) is 0 Å². The summed E-state index contributed by atoms with van der Waals surface area (Å²) in [5.41, 5.74) is -1.11. The summed E-state index contributed by atoms with van der Waals surface area (Å²) in [7, 11) is 1.71. The van der Waals surface area contributed by atoms with Crippen molar-refractivity contribution in [2.75, 3.05) is 13.6 Å². The maximum absolute atomic E-state index is 11.9. The first kappa shape index (κ1) is 14.8. The fourth-order valence-electron chi connectivity index (χ4n) is 2.01. The molecule has 0 aliphatic heterocycles. The number of carboxylic acid groups (broad SMARTS) is 1. The van der Waals surface area contributed by atoms with Gasteiger partial charge in [0, 0.05) is 13.6 Å². The number of carboxylic acids is 1. The van der Waals surface area contributed by atoms with Crippen molar-refractivity contribution >= 4 is 12.0 Å². The zero-order valence-electron chi connectivity index (χ0n) is 11.5. The number of nitrogens with zero attached hydrogens (tertiary/aromatic N) is 1. The largest absolute Gasteiger partial charge is 0.480 e. The van der Waals surface area contributed by atoms with E-state index in [1.54, 1.807) is 18.9 Å². The summed E-state index contributed by atoms with van der Waals surface area (Å²) in [6.07, 6.45) is 4.89.